The molecule has 3 aromatic carbocycles. The molecule has 0 radical (unpaired) electrons. The summed E-state index contributed by atoms with van der Waals surface area (Å²) in [5.74, 6) is 1.68. The van der Waals surface area contributed by atoms with Gasteiger partial charge in [-0.2, -0.15) is 0 Å². The Morgan fingerprint density at radius 3 is 2.45 bits per heavy atom. The van der Waals surface area contributed by atoms with E-state index in [9.17, 15) is 4.79 Å². The Kier molecular flexibility index (Phi) is 5.65. The van der Waals surface area contributed by atoms with E-state index in [4.69, 9.17) is 13.9 Å². The van der Waals surface area contributed by atoms with E-state index in [1.807, 2.05) is 56.3 Å². The molecule has 0 bridgehead atoms. The normalized spacial score (nSPS) is 13.5. The van der Waals surface area contributed by atoms with Crippen molar-refractivity contribution < 1.29 is 13.9 Å². The average Bonchev–Trinajstić information content (AvgIpc) is 2.84. The molecular weight excluding hydrogens is 414 g/mol. The maximum absolute atomic E-state index is 12.9. The highest BCUT2D eigenvalue weighted by Gasteiger charge is 2.24. The molecule has 1 aliphatic rings. The number of hydrogen-bond acceptors (Lipinski definition) is 5. The van der Waals surface area contributed by atoms with E-state index in [-0.39, 0.29) is 5.63 Å². The first-order valence-electron chi connectivity index (χ1n) is 11.1. The minimum absolute atomic E-state index is 0.274. The first-order valence-corrected chi connectivity index (χ1v) is 11.1. The summed E-state index contributed by atoms with van der Waals surface area (Å²) < 4.78 is 17.2. The van der Waals surface area contributed by atoms with E-state index >= 15 is 0 Å². The Morgan fingerprint density at radius 2 is 1.73 bits per heavy atom. The lowest BCUT2D eigenvalue weighted by molar-refractivity contribution is 0.0881. The van der Waals surface area contributed by atoms with Gasteiger partial charge in [0.15, 0.2) is 0 Å². The highest BCUT2D eigenvalue weighted by atomic mass is 16.5. The van der Waals surface area contributed by atoms with Gasteiger partial charge in [-0.25, -0.2) is 4.79 Å². The molecule has 5 nitrogen and oxygen atoms in total. The van der Waals surface area contributed by atoms with Gasteiger partial charge in [0, 0.05) is 41.6 Å². The zero-order valence-corrected chi connectivity index (χ0v) is 19.2. The van der Waals surface area contributed by atoms with Gasteiger partial charge < -0.3 is 13.9 Å². The van der Waals surface area contributed by atoms with Gasteiger partial charge in [0.05, 0.1) is 7.11 Å². The monoisotopic (exact) mass is 441 g/mol. The van der Waals surface area contributed by atoms with Crippen LogP contribution in [0.2, 0.25) is 0 Å². The van der Waals surface area contributed by atoms with Gasteiger partial charge in [0.25, 0.3) is 0 Å². The van der Waals surface area contributed by atoms with Crippen LogP contribution >= 0.6 is 0 Å². The van der Waals surface area contributed by atoms with Crippen LogP contribution in [0.15, 0.2) is 69.9 Å². The molecule has 0 spiro atoms. The molecule has 1 aliphatic heterocycles. The molecule has 5 heteroatoms. The summed E-state index contributed by atoms with van der Waals surface area (Å²) in [7, 11) is 1.67. The highest BCUT2D eigenvalue weighted by Crippen LogP contribution is 2.36. The Labute approximate surface area is 193 Å². The van der Waals surface area contributed by atoms with E-state index in [1.54, 1.807) is 7.11 Å². The summed E-state index contributed by atoms with van der Waals surface area (Å²) in [5.41, 5.74) is 6.33. The number of aryl methyl sites for hydroxylation is 2. The van der Waals surface area contributed by atoms with Crippen LogP contribution in [0.5, 0.6) is 11.5 Å². The SMILES string of the molecule is COc1ccc(CN2COc3c(cc4c(C)c(Cc5ccccc5)c(=O)oc4c3C)C2)cc1. The lowest BCUT2D eigenvalue weighted by Gasteiger charge is -2.30. The van der Waals surface area contributed by atoms with Gasteiger partial charge in [-0.3, -0.25) is 4.90 Å². The summed E-state index contributed by atoms with van der Waals surface area (Å²) in [6.45, 7) is 6.02. The standard InChI is InChI=1S/C28H27NO4/c1-18-24-14-22-16-29(15-21-9-11-23(31-3)12-10-21)17-32-26(22)19(2)27(24)33-28(30)25(18)13-20-7-5-4-6-8-20/h4-12,14H,13,15-17H2,1-3H3. The van der Waals surface area contributed by atoms with Crippen LogP contribution < -0.4 is 15.1 Å². The molecule has 0 aliphatic carbocycles. The number of benzene rings is 3. The maximum Gasteiger partial charge on any atom is 0.340 e. The molecule has 2 heterocycles. The van der Waals surface area contributed by atoms with Crippen molar-refractivity contribution in [3.8, 4) is 11.5 Å². The zero-order chi connectivity index (χ0) is 22.9. The number of methoxy groups -OCH3 is 1. The van der Waals surface area contributed by atoms with Gasteiger partial charge >= 0.3 is 5.63 Å². The smallest absolute Gasteiger partial charge is 0.340 e. The van der Waals surface area contributed by atoms with E-state index in [1.165, 1.54) is 5.56 Å². The number of hydrogen-bond donors (Lipinski definition) is 0. The van der Waals surface area contributed by atoms with Gasteiger partial charge in [-0.05, 0) is 48.7 Å². The molecule has 4 aromatic rings. The number of fused-ring (bicyclic) bond motifs is 2. The fourth-order valence-corrected chi connectivity index (χ4v) is 4.59. The van der Waals surface area contributed by atoms with E-state index in [0.29, 0.717) is 24.3 Å². The third-order valence-corrected chi connectivity index (χ3v) is 6.41. The Hall–Kier alpha value is -3.57. The predicted molar refractivity (Wildman–Crippen MR) is 129 cm³/mol. The van der Waals surface area contributed by atoms with Crippen LogP contribution in [0, 0.1) is 13.8 Å². The molecular formula is C28H27NO4. The first kappa shape index (κ1) is 21.3. The summed E-state index contributed by atoms with van der Waals surface area (Å²) in [5, 5.41) is 0.978. The third-order valence-electron chi connectivity index (χ3n) is 6.41. The van der Waals surface area contributed by atoms with Gasteiger partial charge in [-0.1, -0.05) is 42.5 Å². The number of nitrogens with zero attached hydrogens (tertiary/aromatic N) is 1. The number of ether oxygens (including phenoxy) is 2. The molecule has 0 N–H and O–H groups in total. The van der Waals surface area contributed by atoms with Crippen molar-refractivity contribution in [3.05, 3.63) is 104 Å². The van der Waals surface area contributed by atoms with Gasteiger partial charge in [0.2, 0.25) is 0 Å². The molecule has 0 atom stereocenters. The van der Waals surface area contributed by atoms with E-state index in [0.717, 1.165) is 52.2 Å². The van der Waals surface area contributed by atoms with Crippen LogP contribution in [0.1, 0.15) is 33.4 Å². The van der Waals surface area contributed by atoms with Crippen molar-refractivity contribution in [1.29, 1.82) is 0 Å². The second-order valence-corrected chi connectivity index (χ2v) is 8.63. The lowest BCUT2D eigenvalue weighted by Crippen LogP contribution is -2.32. The van der Waals surface area contributed by atoms with E-state index < -0.39 is 0 Å². The second kappa shape index (κ2) is 8.75. The first-order chi connectivity index (χ1) is 16.0. The topological polar surface area (TPSA) is 51.9 Å². The number of rotatable bonds is 5. The maximum atomic E-state index is 12.9. The quantitative estimate of drug-likeness (QED) is 0.390. The van der Waals surface area contributed by atoms with Crippen molar-refractivity contribution in [2.24, 2.45) is 0 Å². The van der Waals surface area contributed by atoms with Crippen LogP contribution in [-0.2, 0) is 19.5 Å². The van der Waals surface area contributed by atoms with Crippen molar-refractivity contribution in [3.63, 3.8) is 0 Å². The second-order valence-electron chi connectivity index (χ2n) is 8.63. The summed E-state index contributed by atoms with van der Waals surface area (Å²) in [6.07, 6.45) is 0.557. The van der Waals surface area contributed by atoms with Crippen molar-refractivity contribution in [1.82, 2.24) is 4.90 Å². The van der Waals surface area contributed by atoms with Crippen molar-refractivity contribution in [2.45, 2.75) is 33.4 Å². The van der Waals surface area contributed by atoms with Crippen LogP contribution in [0.3, 0.4) is 0 Å². The fourth-order valence-electron chi connectivity index (χ4n) is 4.59. The Bertz CT molecular complexity index is 1360. The molecule has 168 valence electrons. The van der Waals surface area contributed by atoms with Gasteiger partial charge in [0.1, 0.15) is 23.8 Å². The Morgan fingerprint density at radius 1 is 0.970 bits per heavy atom. The minimum atomic E-state index is -0.274. The lowest BCUT2D eigenvalue weighted by atomic mass is 9.96. The molecule has 0 saturated carbocycles. The van der Waals surface area contributed by atoms with Crippen LogP contribution in [-0.4, -0.2) is 18.7 Å². The minimum Gasteiger partial charge on any atom is -0.497 e. The van der Waals surface area contributed by atoms with Crippen molar-refractivity contribution in [2.75, 3.05) is 13.8 Å². The Balaban J connectivity index is 1.48. The fraction of sp³-hybridized carbons (Fsp3) is 0.250. The van der Waals surface area contributed by atoms with Crippen molar-refractivity contribution >= 4 is 11.0 Å². The third kappa shape index (κ3) is 4.12. The largest absolute Gasteiger partial charge is 0.497 e. The molecule has 0 amide bonds. The molecule has 0 saturated heterocycles. The molecule has 0 unspecified atom stereocenters. The molecule has 0 fully saturated rings. The molecule has 1 aromatic heterocycles. The average molecular weight is 442 g/mol. The molecule has 33 heavy (non-hydrogen) atoms. The van der Waals surface area contributed by atoms with Crippen LogP contribution in [0.4, 0.5) is 0 Å². The zero-order valence-electron chi connectivity index (χ0n) is 19.2. The predicted octanol–water partition coefficient (Wildman–Crippen LogP) is 5.36. The highest BCUT2D eigenvalue weighted by molar-refractivity contribution is 5.87. The van der Waals surface area contributed by atoms with Crippen LogP contribution in [0.25, 0.3) is 11.0 Å². The summed E-state index contributed by atoms with van der Waals surface area (Å²) in [6, 6.07) is 20.3. The van der Waals surface area contributed by atoms with Gasteiger partial charge in [-0.15, -0.1) is 0 Å². The summed E-state index contributed by atoms with van der Waals surface area (Å²) >= 11 is 0. The van der Waals surface area contributed by atoms with E-state index in [2.05, 4.69) is 23.1 Å². The summed E-state index contributed by atoms with van der Waals surface area (Å²) in [4.78, 5) is 15.1. The molecule has 5 rings (SSSR count).